The molecule has 4 rings (SSSR count). The first kappa shape index (κ1) is 27.0. The minimum Gasteiger partial charge on any atom is -0.487 e. The molecule has 6 heteroatoms. The third-order valence-electron chi connectivity index (χ3n) is 8.07. The van der Waals surface area contributed by atoms with Crippen LogP contribution < -0.4 is 4.74 Å². The van der Waals surface area contributed by atoms with Crippen molar-refractivity contribution in [2.75, 3.05) is 26.2 Å². The second-order valence-electron chi connectivity index (χ2n) is 10.8. The summed E-state index contributed by atoms with van der Waals surface area (Å²) in [7, 11) is 0. The van der Waals surface area contributed by atoms with Crippen LogP contribution in [0.25, 0.3) is 0 Å². The molecule has 2 aliphatic heterocycles. The predicted molar refractivity (Wildman–Crippen MR) is 142 cm³/mol. The van der Waals surface area contributed by atoms with Crippen LogP contribution in [0.1, 0.15) is 107 Å². The zero-order chi connectivity index (χ0) is 25.2. The van der Waals surface area contributed by atoms with Crippen LogP contribution in [0.4, 0.5) is 0 Å². The van der Waals surface area contributed by atoms with Crippen molar-refractivity contribution in [1.82, 2.24) is 9.80 Å². The highest BCUT2D eigenvalue weighted by atomic mass is 16.5. The number of fused-ring (bicyclic) bond motifs is 2. The lowest BCUT2D eigenvalue weighted by Crippen LogP contribution is -2.51. The molecule has 0 bridgehead atoms. The minimum atomic E-state index is -0.0892. The molecule has 2 fully saturated rings. The molecule has 1 aliphatic carbocycles. The molecule has 2 amide bonds. The van der Waals surface area contributed by atoms with Crippen LogP contribution >= 0.6 is 0 Å². The Morgan fingerprint density at radius 2 is 1.67 bits per heavy atom. The molecule has 200 valence electrons. The second kappa shape index (κ2) is 14.0. The maximum Gasteiger partial charge on any atom is 0.257 e. The van der Waals surface area contributed by atoms with Crippen LogP contribution in [-0.4, -0.2) is 66.1 Å². The molecule has 0 spiro atoms. The van der Waals surface area contributed by atoms with Crippen molar-refractivity contribution in [3.8, 4) is 5.75 Å². The molecule has 0 radical (unpaired) electrons. The standard InChI is InChI=1S/C30H46N2O4/c1-2-19-31-20-11-4-3-5-12-21-32(29(33)23-24-14-10-13-22-35-24)26-16-7-9-18-28(26)36-27-17-8-6-15-25(27)30(31)34/h6,8,15,17,24,26,28H,2-5,7,9-14,16,18-23H2,1H3/t24?,26-,28+/m1/s1. The highest BCUT2D eigenvalue weighted by Crippen LogP contribution is 2.31. The minimum absolute atomic E-state index is 0.0497. The van der Waals surface area contributed by atoms with Crippen LogP contribution in [0.15, 0.2) is 24.3 Å². The van der Waals surface area contributed by atoms with Crippen LogP contribution in [0.5, 0.6) is 5.75 Å². The molecule has 1 saturated heterocycles. The van der Waals surface area contributed by atoms with E-state index in [0.29, 0.717) is 17.7 Å². The molecule has 3 atom stereocenters. The van der Waals surface area contributed by atoms with Gasteiger partial charge in [-0.15, -0.1) is 0 Å². The summed E-state index contributed by atoms with van der Waals surface area (Å²) in [5.41, 5.74) is 0.652. The fourth-order valence-electron chi connectivity index (χ4n) is 6.11. The summed E-state index contributed by atoms with van der Waals surface area (Å²) in [6, 6.07) is 7.76. The quantitative estimate of drug-likeness (QED) is 0.512. The average Bonchev–Trinajstić information content (AvgIpc) is 2.90. The fourth-order valence-corrected chi connectivity index (χ4v) is 6.11. The monoisotopic (exact) mass is 498 g/mol. The fraction of sp³-hybridized carbons (Fsp3) is 0.733. The van der Waals surface area contributed by atoms with E-state index in [9.17, 15) is 9.59 Å². The molecular formula is C30H46N2O4. The molecule has 1 saturated carbocycles. The Kier molecular flexibility index (Phi) is 10.5. The number of para-hydroxylation sites is 1. The first-order valence-electron chi connectivity index (χ1n) is 14.6. The van der Waals surface area contributed by atoms with E-state index in [2.05, 4.69) is 11.8 Å². The number of carbonyl (C=O) groups is 2. The van der Waals surface area contributed by atoms with Gasteiger partial charge in [0.2, 0.25) is 5.91 Å². The van der Waals surface area contributed by atoms with Crippen molar-refractivity contribution in [3.63, 3.8) is 0 Å². The van der Waals surface area contributed by atoms with Gasteiger partial charge in [0.25, 0.3) is 5.91 Å². The maximum atomic E-state index is 13.7. The number of hydrogen-bond donors (Lipinski definition) is 0. The van der Waals surface area contributed by atoms with E-state index in [1.54, 1.807) is 0 Å². The van der Waals surface area contributed by atoms with Crippen molar-refractivity contribution >= 4 is 11.8 Å². The smallest absolute Gasteiger partial charge is 0.257 e. The number of hydrogen-bond acceptors (Lipinski definition) is 4. The summed E-state index contributed by atoms with van der Waals surface area (Å²) in [6.45, 7) is 5.25. The predicted octanol–water partition coefficient (Wildman–Crippen LogP) is 5.98. The first-order chi connectivity index (χ1) is 17.7. The zero-order valence-corrected chi connectivity index (χ0v) is 22.3. The van der Waals surface area contributed by atoms with Gasteiger partial charge in [-0.05, 0) is 69.9 Å². The Morgan fingerprint density at radius 1 is 0.917 bits per heavy atom. The number of amides is 2. The Morgan fingerprint density at radius 3 is 2.47 bits per heavy atom. The summed E-state index contributed by atoms with van der Waals surface area (Å²) in [5, 5.41) is 0. The van der Waals surface area contributed by atoms with Gasteiger partial charge >= 0.3 is 0 Å². The Bertz CT molecular complexity index is 838. The third kappa shape index (κ3) is 7.24. The Hall–Kier alpha value is -2.08. The van der Waals surface area contributed by atoms with Gasteiger partial charge in [0.05, 0.1) is 24.1 Å². The Balaban J connectivity index is 1.58. The summed E-state index contributed by atoms with van der Waals surface area (Å²) >= 11 is 0. The van der Waals surface area contributed by atoms with Crippen LogP contribution in [0.3, 0.4) is 0 Å². The third-order valence-corrected chi connectivity index (χ3v) is 8.07. The van der Waals surface area contributed by atoms with Gasteiger partial charge < -0.3 is 19.3 Å². The van der Waals surface area contributed by atoms with Gasteiger partial charge in [0.1, 0.15) is 11.9 Å². The molecule has 0 aromatic heterocycles. The summed E-state index contributed by atoms with van der Waals surface area (Å²) in [4.78, 5) is 31.4. The topological polar surface area (TPSA) is 59.1 Å². The number of benzene rings is 1. The molecule has 1 aromatic rings. The number of rotatable bonds is 4. The summed E-state index contributed by atoms with van der Waals surface area (Å²) in [6.07, 6.45) is 14.1. The van der Waals surface area contributed by atoms with Gasteiger partial charge in [0, 0.05) is 26.2 Å². The lowest BCUT2D eigenvalue weighted by Gasteiger charge is -2.41. The highest BCUT2D eigenvalue weighted by molar-refractivity contribution is 5.97. The van der Waals surface area contributed by atoms with Crippen molar-refractivity contribution in [3.05, 3.63) is 29.8 Å². The van der Waals surface area contributed by atoms with Crippen LogP contribution in [0.2, 0.25) is 0 Å². The zero-order valence-electron chi connectivity index (χ0n) is 22.3. The molecule has 1 unspecified atom stereocenters. The van der Waals surface area contributed by atoms with E-state index in [4.69, 9.17) is 9.47 Å². The second-order valence-corrected chi connectivity index (χ2v) is 10.8. The maximum absolute atomic E-state index is 13.7. The van der Waals surface area contributed by atoms with E-state index in [1.165, 1.54) is 0 Å². The normalized spacial score (nSPS) is 26.7. The molecule has 6 nitrogen and oxygen atoms in total. The van der Waals surface area contributed by atoms with E-state index in [0.717, 1.165) is 110 Å². The van der Waals surface area contributed by atoms with E-state index >= 15 is 0 Å². The van der Waals surface area contributed by atoms with Crippen molar-refractivity contribution < 1.29 is 19.1 Å². The van der Waals surface area contributed by atoms with Gasteiger partial charge in [-0.25, -0.2) is 0 Å². The number of ether oxygens (including phenoxy) is 2. The van der Waals surface area contributed by atoms with Crippen molar-refractivity contribution in [2.24, 2.45) is 0 Å². The van der Waals surface area contributed by atoms with Gasteiger partial charge in [-0.2, -0.15) is 0 Å². The van der Waals surface area contributed by atoms with Gasteiger partial charge in [-0.1, -0.05) is 44.7 Å². The molecule has 2 heterocycles. The SMILES string of the molecule is CCCN1CCCCCCCN(C(=O)CC2CCCCO2)[C@@H]2CCCC[C@@H]2Oc2ccccc2C1=O. The highest BCUT2D eigenvalue weighted by Gasteiger charge is 2.36. The molecule has 0 N–H and O–H groups in total. The van der Waals surface area contributed by atoms with Gasteiger partial charge in [0.15, 0.2) is 0 Å². The van der Waals surface area contributed by atoms with E-state index in [1.807, 2.05) is 29.2 Å². The van der Waals surface area contributed by atoms with Crippen LogP contribution in [0, 0.1) is 0 Å². The lowest BCUT2D eigenvalue weighted by atomic mass is 9.90. The van der Waals surface area contributed by atoms with E-state index in [-0.39, 0.29) is 30.1 Å². The molecule has 3 aliphatic rings. The largest absolute Gasteiger partial charge is 0.487 e. The van der Waals surface area contributed by atoms with Gasteiger partial charge in [-0.3, -0.25) is 9.59 Å². The molecule has 36 heavy (non-hydrogen) atoms. The average molecular weight is 499 g/mol. The van der Waals surface area contributed by atoms with E-state index < -0.39 is 0 Å². The first-order valence-corrected chi connectivity index (χ1v) is 14.6. The summed E-state index contributed by atoms with van der Waals surface area (Å²) < 4.78 is 12.6. The number of nitrogens with zero attached hydrogens (tertiary/aromatic N) is 2. The van der Waals surface area contributed by atoms with Crippen molar-refractivity contribution in [1.29, 1.82) is 0 Å². The van der Waals surface area contributed by atoms with Crippen LogP contribution in [-0.2, 0) is 9.53 Å². The molecule has 1 aromatic carbocycles. The molecular weight excluding hydrogens is 452 g/mol. The summed E-state index contributed by atoms with van der Waals surface area (Å²) in [5.74, 6) is 0.945. The Labute approximate surface area is 217 Å². The number of carbonyl (C=O) groups excluding carboxylic acids is 2. The lowest BCUT2D eigenvalue weighted by molar-refractivity contribution is -0.140. The van der Waals surface area contributed by atoms with Crippen molar-refractivity contribution in [2.45, 2.75) is 115 Å².